The topological polar surface area (TPSA) is 38.3 Å². The smallest absolute Gasteiger partial charge is 0.251 e. The molecule has 24 heavy (non-hydrogen) atoms. The van der Waals surface area contributed by atoms with Crippen LogP contribution in [0, 0.1) is 5.82 Å². The minimum atomic E-state index is -0.329. The Labute approximate surface area is 139 Å². The normalized spacial score (nSPS) is 10.2. The molecule has 4 heteroatoms. The Morgan fingerprint density at radius 1 is 0.833 bits per heavy atom. The van der Waals surface area contributed by atoms with Gasteiger partial charge in [-0.3, -0.25) is 4.79 Å². The number of ether oxygens (including phenoxy) is 1. The first-order valence-electron chi connectivity index (χ1n) is 7.57. The quantitative estimate of drug-likeness (QED) is 0.749. The summed E-state index contributed by atoms with van der Waals surface area (Å²) in [5, 5.41) is 2.71. The molecule has 120 valence electrons. The van der Waals surface area contributed by atoms with Crippen LogP contribution in [-0.4, -0.2) is 5.91 Å². The number of halogens is 1. The van der Waals surface area contributed by atoms with Gasteiger partial charge in [-0.1, -0.05) is 36.4 Å². The van der Waals surface area contributed by atoms with Gasteiger partial charge in [-0.25, -0.2) is 4.39 Å². The van der Waals surface area contributed by atoms with Crippen LogP contribution in [-0.2, 0) is 6.54 Å². The Kier molecular flexibility index (Phi) is 4.87. The van der Waals surface area contributed by atoms with Gasteiger partial charge < -0.3 is 10.1 Å². The maximum atomic E-state index is 13.5. The number of para-hydroxylation sites is 1. The second kappa shape index (κ2) is 7.42. The van der Waals surface area contributed by atoms with Crippen LogP contribution < -0.4 is 10.1 Å². The maximum Gasteiger partial charge on any atom is 0.251 e. The lowest BCUT2D eigenvalue weighted by Crippen LogP contribution is -2.23. The van der Waals surface area contributed by atoms with Crippen molar-refractivity contribution in [2.75, 3.05) is 0 Å². The highest BCUT2D eigenvalue weighted by Gasteiger charge is 2.07. The summed E-state index contributed by atoms with van der Waals surface area (Å²) in [5.74, 6) is 0.787. The van der Waals surface area contributed by atoms with Crippen molar-refractivity contribution in [2.45, 2.75) is 6.54 Å². The third-order valence-electron chi connectivity index (χ3n) is 3.49. The lowest BCUT2D eigenvalue weighted by molar-refractivity contribution is 0.0950. The lowest BCUT2D eigenvalue weighted by Gasteiger charge is -2.08. The van der Waals surface area contributed by atoms with Crippen LogP contribution in [0.4, 0.5) is 4.39 Å². The molecule has 0 saturated heterocycles. The monoisotopic (exact) mass is 321 g/mol. The van der Waals surface area contributed by atoms with E-state index in [1.165, 1.54) is 6.07 Å². The van der Waals surface area contributed by atoms with Crippen LogP contribution in [0.25, 0.3) is 0 Å². The molecule has 3 nitrogen and oxygen atoms in total. The van der Waals surface area contributed by atoms with Gasteiger partial charge in [-0.2, -0.15) is 0 Å². The van der Waals surface area contributed by atoms with Gasteiger partial charge in [-0.15, -0.1) is 0 Å². The van der Waals surface area contributed by atoms with Gasteiger partial charge in [0, 0.05) is 17.7 Å². The highest BCUT2D eigenvalue weighted by molar-refractivity contribution is 5.94. The van der Waals surface area contributed by atoms with Crippen molar-refractivity contribution < 1.29 is 13.9 Å². The van der Waals surface area contributed by atoms with Gasteiger partial charge in [0.1, 0.15) is 17.3 Å². The molecule has 0 aliphatic heterocycles. The van der Waals surface area contributed by atoms with Crippen molar-refractivity contribution in [2.24, 2.45) is 0 Å². The van der Waals surface area contributed by atoms with E-state index in [0.717, 1.165) is 5.75 Å². The SMILES string of the molecule is O=C(NCc1ccccc1F)c1ccc(Oc2ccccc2)cc1. The zero-order valence-electron chi connectivity index (χ0n) is 12.9. The molecule has 0 aliphatic rings. The fraction of sp³-hybridized carbons (Fsp3) is 0.0500. The predicted molar refractivity (Wildman–Crippen MR) is 90.5 cm³/mol. The minimum absolute atomic E-state index is 0.147. The first-order valence-corrected chi connectivity index (χ1v) is 7.57. The summed E-state index contributed by atoms with van der Waals surface area (Å²) in [6.45, 7) is 0.147. The number of rotatable bonds is 5. The number of hydrogen-bond acceptors (Lipinski definition) is 2. The number of benzene rings is 3. The number of amides is 1. The fourth-order valence-electron chi connectivity index (χ4n) is 2.22. The zero-order valence-corrected chi connectivity index (χ0v) is 12.9. The lowest BCUT2D eigenvalue weighted by atomic mass is 10.2. The Morgan fingerprint density at radius 3 is 2.17 bits per heavy atom. The first-order chi connectivity index (χ1) is 11.7. The molecule has 0 fully saturated rings. The summed E-state index contributed by atoms with van der Waals surface area (Å²) in [6.07, 6.45) is 0. The van der Waals surface area contributed by atoms with E-state index < -0.39 is 0 Å². The minimum Gasteiger partial charge on any atom is -0.457 e. The van der Waals surface area contributed by atoms with Gasteiger partial charge in [0.2, 0.25) is 0 Å². The summed E-state index contributed by atoms with van der Waals surface area (Å²) >= 11 is 0. The molecular formula is C20H16FNO2. The van der Waals surface area contributed by atoms with E-state index >= 15 is 0 Å². The molecule has 0 saturated carbocycles. The first kappa shape index (κ1) is 15.7. The van der Waals surface area contributed by atoms with Crippen molar-refractivity contribution in [1.29, 1.82) is 0 Å². The largest absolute Gasteiger partial charge is 0.457 e. The van der Waals surface area contributed by atoms with Crippen molar-refractivity contribution in [3.8, 4) is 11.5 Å². The highest BCUT2D eigenvalue weighted by atomic mass is 19.1. The fourth-order valence-corrected chi connectivity index (χ4v) is 2.22. The van der Waals surface area contributed by atoms with Crippen LogP contribution in [0.2, 0.25) is 0 Å². The van der Waals surface area contributed by atoms with E-state index in [9.17, 15) is 9.18 Å². The maximum absolute atomic E-state index is 13.5. The number of hydrogen-bond donors (Lipinski definition) is 1. The van der Waals surface area contributed by atoms with Crippen LogP contribution in [0.5, 0.6) is 11.5 Å². The van der Waals surface area contributed by atoms with E-state index in [2.05, 4.69) is 5.32 Å². The molecule has 0 aromatic heterocycles. The van der Waals surface area contributed by atoms with Crippen LogP contribution in [0.15, 0.2) is 78.9 Å². The Balaban J connectivity index is 1.61. The molecule has 1 N–H and O–H groups in total. The molecule has 0 spiro atoms. The standard InChI is InChI=1S/C20H16FNO2/c21-19-9-5-4-6-16(19)14-22-20(23)15-10-12-18(13-11-15)24-17-7-2-1-3-8-17/h1-13H,14H2,(H,22,23). The van der Waals surface area contributed by atoms with E-state index in [1.54, 1.807) is 42.5 Å². The molecule has 3 aromatic carbocycles. The van der Waals surface area contributed by atoms with Gasteiger partial charge in [0.25, 0.3) is 5.91 Å². The molecule has 0 heterocycles. The van der Waals surface area contributed by atoms with E-state index in [-0.39, 0.29) is 18.3 Å². The summed E-state index contributed by atoms with van der Waals surface area (Å²) in [7, 11) is 0. The van der Waals surface area contributed by atoms with Gasteiger partial charge in [-0.05, 0) is 42.5 Å². The van der Waals surface area contributed by atoms with E-state index in [1.807, 2.05) is 30.3 Å². The second-order valence-electron chi connectivity index (χ2n) is 5.21. The molecule has 0 bridgehead atoms. The van der Waals surface area contributed by atoms with Crippen molar-refractivity contribution >= 4 is 5.91 Å². The molecular weight excluding hydrogens is 305 g/mol. The van der Waals surface area contributed by atoms with Gasteiger partial charge in [0.15, 0.2) is 0 Å². The zero-order chi connectivity index (χ0) is 16.8. The Bertz CT molecular complexity index is 817. The third kappa shape index (κ3) is 3.98. The predicted octanol–water partition coefficient (Wildman–Crippen LogP) is 4.55. The Hall–Kier alpha value is -3.14. The van der Waals surface area contributed by atoms with E-state index in [4.69, 9.17) is 4.74 Å². The average Bonchev–Trinajstić information content (AvgIpc) is 2.62. The number of carbonyl (C=O) groups excluding carboxylic acids is 1. The number of carbonyl (C=O) groups is 1. The highest BCUT2D eigenvalue weighted by Crippen LogP contribution is 2.21. The summed E-state index contributed by atoms with van der Waals surface area (Å²) in [5.41, 5.74) is 0.946. The van der Waals surface area contributed by atoms with Gasteiger partial charge in [0.05, 0.1) is 0 Å². The van der Waals surface area contributed by atoms with Crippen LogP contribution >= 0.6 is 0 Å². The molecule has 1 amide bonds. The van der Waals surface area contributed by atoms with Crippen molar-refractivity contribution in [3.05, 3.63) is 95.8 Å². The summed E-state index contributed by atoms with van der Waals surface area (Å²) in [4.78, 5) is 12.1. The molecule has 0 atom stereocenters. The van der Waals surface area contributed by atoms with Gasteiger partial charge >= 0.3 is 0 Å². The Morgan fingerprint density at radius 2 is 1.46 bits per heavy atom. The van der Waals surface area contributed by atoms with Crippen LogP contribution in [0.3, 0.4) is 0 Å². The average molecular weight is 321 g/mol. The molecule has 0 radical (unpaired) electrons. The summed E-state index contributed by atoms with van der Waals surface area (Å²) in [6, 6.07) is 22.6. The number of nitrogens with one attached hydrogen (secondary N) is 1. The van der Waals surface area contributed by atoms with Crippen LogP contribution in [0.1, 0.15) is 15.9 Å². The van der Waals surface area contributed by atoms with Crippen molar-refractivity contribution in [1.82, 2.24) is 5.32 Å². The third-order valence-corrected chi connectivity index (χ3v) is 3.49. The van der Waals surface area contributed by atoms with Crippen molar-refractivity contribution in [3.63, 3.8) is 0 Å². The molecule has 0 aliphatic carbocycles. The van der Waals surface area contributed by atoms with E-state index in [0.29, 0.717) is 16.9 Å². The summed E-state index contributed by atoms with van der Waals surface area (Å²) < 4.78 is 19.2. The molecule has 3 rings (SSSR count). The molecule has 3 aromatic rings. The molecule has 0 unspecified atom stereocenters. The second-order valence-corrected chi connectivity index (χ2v) is 5.21.